The normalized spacial score (nSPS) is 11.1. The summed E-state index contributed by atoms with van der Waals surface area (Å²) in [4.78, 5) is 27.2. The second-order valence-electron chi connectivity index (χ2n) is 6.89. The van der Waals surface area contributed by atoms with Gasteiger partial charge in [-0.1, -0.05) is 54.2 Å². The molecule has 0 aliphatic heterocycles. The van der Waals surface area contributed by atoms with Crippen molar-refractivity contribution in [1.29, 1.82) is 0 Å². The fourth-order valence-corrected chi connectivity index (χ4v) is 3.91. The second kappa shape index (κ2) is 9.88. The van der Waals surface area contributed by atoms with E-state index in [0.717, 1.165) is 21.8 Å². The first-order valence-electron chi connectivity index (χ1n) is 9.78. The molecule has 0 aliphatic rings. The van der Waals surface area contributed by atoms with Gasteiger partial charge in [0.2, 0.25) is 0 Å². The van der Waals surface area contributed by atoms with Gasteiger partial charge in [0.25, 0.3) is 11.6 Å². The number of non-ortho nitro benzene ring substituents is 1. The molecule has 0 unspecified atom stereocenters. The predicted molar refractivity (Wildman–Crippen MR) is 125 cm³/mol. The summed E-state index contributed by atoms with van der Waals surface area (Å²) >= 11 is 1.34. The van der Waals surface area contributed by atoms with Crippen molar-refractivity contribution in [3.8, 4) is 0 Å². The molecule has 1 N–H and O–H groups in total. The van der Waals surface area contributed by atoms with Crippen LogP contribution in [-0.4, -0.2) is 32.3 Å². The van der Waals surface area contributed by atoms with E-state index < -0.39 is 4.92 Å². The molecule has 0 fully saturated rings. The Bertz CT molecular complexity index is 1270. The highest BCUT2D eigenvalue weighted by atomic mass is 32.2. The molecule has 8 nitrogen and oxygen atoms in total. The van der Waals surface area contributed by atoms with Gasteiger partial charge in [0.1, 0.15) is 0 Å². The summed E-state index contributed by atoms with van der Waals surface area (Å²) in [5.41, 5.74) is 6.16. The van der Waals surface area contributed by atoms with Gasteiger partial charge in [0.05, 0.1) is 34.5 Å². The summed E-state index contributed by atoms with van der Waals surface area (Å²) in [7, 11) is 0. The Hall–Kier alpha value is -3.98. The number of rotatable bonds is 8. The molecule has 4 rings (SSSR count). The highest BCUT2D eigenvalue weighted by Crippen LogP contribution is 2.25. The fourth-order valence-electron chi connectivity index (χ4n) is 3.11. The minimum Gasteiger partial charge on any atom is -0.314 e. The first-order valence-corrected chi connectivity index (χ1v) is 10.8. The fraction of sp³-hybridized carbons (Fsp3) is 0.0870. The number of hydrazone groups is 1. The molecular formula is C23H19N5O3S. The van der Waals surface area contributed by atoms with Crippen LogP contribution < -0.4 is 5.43 Å². The largest absolute Gasteiger partial charge is 0.314 e. The number of nitrogens with one attached hydrogen (secondary N) is 1. The van der Waals surface area contributed by atoms with E-state index in [1.165, 1.54) is 30.1 Å². The van der Waals surface area contributed by atoms with Crippen LogP contribution in [0, 0.1) is 10.1 Å². The standard InChI is InChI=1S/C23H19N5O3S/c29-22(26-24-14-17-10-12-19(13-11-17)28(30)31)16-32-23-25-20-8-4-5-9-21(20)27(23)15-18-6-2-1-3-7-18/h1-14H,15-16H2,(H,26,29)/b24-14+. The highest BCUT2D eigenvalue weighted by molar-refractivity contribution is 7.99. The van der Waals surface area contributed by atoms with Crippen LogP contribution in [0.15, 0.2) is 89.1 Å². The van der Waals surface area contributed by atoms with Gasteiger partial charge >= 0.3 is 0 Å². The molecule has 0 bridgehead atoms. The zero-order valence-corrected chi connectivity index (χ0v) is 17.7. The van der Waals surface area contributed by atoms with Gasteiger partial charge in [-0.15, -0.1) is 0 Å². The summed E-state index contributed by atoms with van der Waals surface area (Å²) in [5.74, 6) is -0.123. The van der Waals surface area contributed by atoms with E-state index in [9.17, 15) is 14.9 Å². The molecule has 160 valence electrons. The van der Waals surface area contributed by atoms with Crippen molar-refractivity contribution in [3.05, 3.63) is 100 Å². The number of nitrogens with zero attached hydrogens (tertiary/aromatic N) is 4. The zero-order chi connectivity index (χ0) is 22.3. The first-order chi connectivity index (χ1) is 15.6. The smallest absolute Gasteiger partial charge is 0.269 e. The molecule has 1 aromatic heterocycles. The maximum Gasteiger partial charge on any atom is 0.269 e. The third kappa shape index (κ3) is 5.19. The topological polar surface area (TPSA) is 102 Å². The van der Waals surface area contributed by atoms with Gasteiger partial charge in [0.15, 0.2) is 5.16 Å². The molecule has 9 heteroatoms. The Morgan fingerprint density at radius 1 is 1.06 bits per heavy atom. The minimum absolute atomic E-state index is 0.000905. The van der Waals surface area contributed by atoms with Crippen LogP contribution in [0.2, 0.25) is 0 Å². The number of benzene rings is 3. The average molecular weight is 446 g/mol. The summed E-state index contributed by atoms with van der Waals surface area (Å²) in [5, 5.41) is 15.4. The molecule has 1 heterocycles. The third-order valence-corrected chi connectivity index (χ3v) is 5.62. The van der Waals surface area contributed by atoms with Crippen molar-refractivity contribution < 1.29 is 9.72 Å². The van der Waals surface area contributed by atoms with Crippen LogP contribution in [0.4, 0.5) is 5.69 Å². The van der Waals surface area contributed by atoms with Crippen LogP contribution >= 0.6 is 11.8 Å². The maximum atomic E-state index is 12.3. The number of nitro benzene ring substituents is 1. The molecule has 0 aliphatic carbocycles. The van der Waals surface area contributed by atoms with Crippen molar-refractivity contribution in [2.45, 2.75) is 11.7 Å². The monoisotopic (exact) mass is 445 g/mol. The SMILES string of the molecule is O=C(CSc1nc2ccccc2n1Cc1ccccc1)N/N=C/c1ccc([N+](=O)[O-])cc1. The van der Waals surface area contributed by atoms with Crippen LogP contribution in [-0.2, 0) is 11.3 Å². The summed E-state index contributed by atoms with van der Waals surface area (Å²) in [6.07, 6.45) is 1.44. The van der Waals surface area contributed by atoms with E-state index in [0.29, 0.717) is 12.1 Å². The van der Waals surface area contributed by atoms with Gasteiger partial charge < -0.3 is 4.57 Å². The number of imidazole rings is 1. The number of thioether (sulfide) groups is 1. The van der Waals surface area contributed by atoms with Crippen molar-refractivity contribution in [2.24, 2.45) is 5.10 Å². The van der Waals surface area contributed by atoms with Gasteiger partial charge in [-0.2, -0.15) is 5.10 Å². The lowest BCUT2D eigenvalue weighted by molar-refractivity contribution is -0.384. The number of fused-ring (bicyclic) bond motifs is 1. The third-order valence-electron chi connectivity index (χ3n) is 4.64. The molecule has 4 aromatic rings. The van der Waals surface area contributed by atoms with E-state index in [4.69, 9.17) is 0 Å². The number of para-hydroxylation sites is 2. The molecule has 0 radical (unpaired) electrons. The highest BCUT2D eigenvalue weighted by Gasteiger charge is 2.13. The lowest BCUT2D eigenvalue weighted by Crippen LogP contribution is -2.20. The molecule has 0 saturated carbocycles. The average Bonchev–Trinajstić information content (AvgIpc) is 3.16. The number of hydrogen-bond acceptors (Lipinski definition) is 6. The van der Waals surface area contributed by atoms with Gasteiger partial charge in [0, 0.05) is 12.1 Å². The van der Waals surface area contributed by atoms with E-state index in [-0.39, 0.29) is 17.3 Å². The Morgan fingerprint density at radius 2 is 1.78 bits per heavy atom. The van der Waals surface area contributed by atoms with E-state index >= 15 is 0 Å². The molecule has 32 heavy (non-hydrogen) atoms. The molecule has 3 aromatic carbocycles. The number of carbonyl (C=O) groups excluding carboxylic acids is 1. The Balaban J connectivity index is 1.40. The summed E-state index contributed by atoms with van der Waals surface area (Å²) in [6, 6.07) is 23.9. The van der Waals surface area contributed by atoms with E-state index in [1.54, 1.807) is 12.1 Å². The minimum atomic E-state index is -0.467. The number of hydrogen-bond donors (Lipinski definition) is 1. The Morgan fingerprint density at radius 3 is 2.53 bits per heavy atom. The lowest BCUT2D eigenvalue weighted by atomic mass is 10.2. The zero-order valence-electron chi connectivity index (χ0n) is 16.9. The molecule has 0 atom stereocenters. The first kappa shape index (κ1) is 21.3. The van der Waals surface area contributed by atoms with Crippen LogP contribution in [0.1, 0.15) is 11.1 Å². The summed E-state index contributed by atoms with van der Waals surface area (Å²) in [6.45, 7) is 0.656. The van der Waals surface area contributed by atoms with Crippen molar-refractivity contribution in [2.75, 3.05) is 5.75 Å². The summed E-state index contributed by atoms with van der Waals surface area (Å²) < 4.78 is 2.10. The van der Waals surface area contributed by atoms with Crippen LogP contribution in [0.25, 0.3) is 11.0 Å². The molecule has 0 saturated heterocycles. The number of amides is 1. The van der Waals surface area contributed by atoms with Crippen molar-refractivity contribution in [3.63, 3.8) is 0 Å². The maximum absolute atomic E-state index is 12.3. The molecule has 0 spiro atoms. The van der Waals surface area contributed by atoms with Gasteiger partial charge in [-0.3, -0.25) is 14.9 Å². The number of nitro groups is 1. The van der Waals surface area contributed by atoms with Crippen LogP contribution in [0.5, 0.6) is 0 Å². The van der Waals surface area contributed by atoms with Crippen molar-refractivity contribution >= 4 is 40.6 Å². The van der Waals surface area contributed by atoms with E-state index in [2.05, 4.69) is 32.2 Å². The van der Waals surface area contributed by atoms with Crippen molar-refractivity contribution in [1.82, 2.24) is 15.0 Å². The van der Waals surface area contributed by atoms with E-state index in [1.807, 2.05) is 42.5 Å². The molecular weight excluding hydrogens is 426 g/mol. The Kier molecular flexibility index (Phi) is 6.57. The number of aromatic nitrogens is 2. The van der Waals surface area contributed by atoms with Gasteiger partial charge in [-0.05, 0) is 35.4 Å². The Labute approximate surface area is 188 Å². The number of carbonyl (C=O) groups is 1. The second-order valence-corrected chi connectivity index (χ2v) is 7.83. The predicted octanol–water partition coefficient (Wildman–Crippen LogP) is 4.24. The van der Waals surface area contributed by atoms with Crippen LogP contribution in [0.3, 0.4) is 0 Å². The molecule has 1 amide bonds. The lowest BCUT2D eigenvalue weighted by Gasteiger charge is -2.09. The quantitative estimate of drug-likeness (QED) is 0.189. The van der Waals surface area contributed by atoms with Gasteiger partial charge in [-0.25, -0.2) is 10.4 Å².